The molecule has 1 fully saturated rings. The molecule has 0 spiro atoms. The Morgan fingerprint density at radius 2 is 2.15 bits per heavy atom. The molecule has 0 radical (unpaired) electrons. The Morgan fingerprint density at radius 1 is 1.45 bits per heavy atom. The third-order valence-corrected chi connectivity index (χ3v) is 4.93. The van der Waals surface area contributed by atoms with Gasteiger partial charge in [0.2, 0.25) is 5.91 Å². The molecule has 1 saturated heterocycles. The number of aryl methyl sites for hydroxylation is 1. The Labute approximate surface area is 121 Å². The minimum absolute atomic E-state index is 0.156. The first-order chi connectivity index (χ1) is 9.39. The number of imidazole rings is 1. The Morgan fingerprint density at radius 3 is 2.65 bits per heavy atom. The van der Waals surface area contributed by atoms with Crippen molar-refractivity contribution in [1.82, 2.24) is 14.5 Å². The van der Waals surface area contributed by atoms with Gasteiger partial charge in [-0.1, -0.05) is 6.92 Å². The quantitative estimate of drug-likeness (QED) is 0.908. The number of piperidine rings is 1. The molecule has 1 aliphatic heterocycles. The number of primary amides is 1. The Balaban J connectivity index is 2.14. The maximum Gasteiger partial charge on any atom is 0.224 e. The molecule has 1 aromatic rings. The van der Waals surface area contributed by atoms with Gasteiger partial charge in [-0.2, -0.15) is 0 Å². The van der Waals surface area contributed by atoms with E-state index in [1.807, 2.05) is 6.92 Å². The van der Waals surface area contributed by atoms with Crippen molar-refractivity contribution in [3.05, 3.63) is 17.2 Å². The van der Waals surface area contributed by atoms with Crippen molar-refractivity contribution in [1.29, 1.82) is 0 Å². The van der Waals surface area contributed by atoms with Crippen LogP contribution in [0.15, 0.2) is 0 Å². The first-order valence-electron chi connectivity index (χ1n) is 7.40. The van der Waals surface area contributed by atoms with Gasteiger partial charge in [-0.05, 0) is 39.7 Å². The number of likely N-dealkylation sites (tertiary alicyclic amines) is 1. The molecular weight excluding hydrogens is 252 g/mol. The fourth-order valence-corrected chi connectivity index (χ4v) is 3.15. The summed E-state index contributed by atoms with van der Waals surface area (Å²) in [6, 6.07) is 0. The van der Waals surface area contributed by atoms with E-state index in [9.17, 15) is 4.79 Å². The lowest BCUT2D eigenvalue weighted by Gasteiger charge is -2.40. The van der Waals surface area contributed by atoms with Gasteiger partial charge in [0.15, 0.2) is 0 Å². The average molecular weight is 278 g/mol. The molecular formula is C15H26N4O. The van der Waals surface area contributed by atoms with Crippen LogP contribution < -0.4 is 5.73 Å². The number of carbonyl (C=O) groups excluding carboxylic acids is 1. The van der Waals surface area contributed by atoms with Crippen molar-refractivity contribution >= 4 is 5.91 Å². The molecule has 1 aromatic heterocycles. The van der Waals surface area contributed by atoms with Gasteiger partial charge in [0.1, 0.15) is 5.82 Å². The smallest absolute Gasteiger partial charge is 0.224 e. The number of aromatic nitrogens is 2. The van der Waals surface area contributed by atoms with Gasteiger partial charge in [-0.25, -0.2) is 4.98 Å². The third-order valence-electron chi connectivity index (χ3n) is 4.93. The summed E-state index contributed by atoms with van der Waals surface area (Å²) in [5, 5.41) is 0. The van der Waals surface area contributed by atoms with Gasteiger partial charge in [-0.15, -0.1) is 0 Å². The van der Waals surface area contributed by atoms with Crippen LogP contribution in [0.3, 0.4) is 0 Å². The van der Waals surface area contributed by atoms with Gasteiger partial charge >= 0.3 is 0 Å². The van der Waals surface area contributed by atoms with Gasteiger partial charge in [-0.3, -0.25) is 9.69 Å². The van der Waals surface area contributed by atoms with E-state index in [0.29, 0.717) is 0 Å². The normalized spacial score (nSPS) is 24.0. The largest absolute Gasteiger partial charge is 0.369 e. The minimum atomic E-state index is -0.354. The summed E-state index contributed by atoms with van der Waals surface area (Å²) in [5.74, 6) is 0.910. The molecule has 20 heavy (non-hydrogen) atoms. The van der Waals surface area contributed by atoms with Crippen LogP contribution in [-0.4, -0.2) is 33.4 Å². The van der Waals surface area contributed by atoms with Crippen LogP contribution in [0.25, 0.3) is 0 Å². The van der Waals surface area contributed by atoms with Crippen molar-refractivity contribution in [2.75, 3.05) is 13.1 Å². The van der Waals surface area contributed by atoms with Gasteiger partial charge < -0.3 is 10.3 Å². The molecule has 0 bridgehead atoms. The number of amides is 1. The van der Waals surface area contributed by atoms with E-state index >= 15 is 0 Å². The highest BCUT2D eigenvalue weighted by molar-refractivity contribution is 5.81. The van der Waals surface area contributed by atoms with Crippen molar-refractivity contribution in [3.8, 4) is 0 Å². The molecule has 112 valence electrons. The molecule has 5 heteroatoms. The molecule has 0 saturated carbocycles. The maximum atomic E-state index is 11.8. The van der Waals surface area contributed by atoms with Crippen LogP contribution in [0.4, 0.5) is 0 Å². The molecule has 2 heterocycles. The fraction of sp³-hybridized carbons (Fsp3) is 0.733. The number of nitrogens with zero attached hydrogens (tertiary/aromatic N) is 3. The fourth-order valence-electron chi connectivity index (χ4n) is 3.15. The van der Waals surface area contributed by atoms with E-state index in [0.717, 1.165) is 50.4 Å². The molecule has 5 nitrogen and oxygen atoms in total. The summed E-state index contributed by atoms with van der Waals surface area (Å²) >= 11 is 0. The average Bonchev–Trinajstić information content (AvgIpc) is 2.66. The predicted molar refractivity (Wildman–Crippen MR) is 79.1 cm³/mol. The summed E-state index contributed by atoms with van der Waals surface area (Å²) in [5.41, 5.74) is 7.57. The monoisotopic (exact) mass is 278 g/mol. The van der Waals surface area contributed by atoms with Crippen molar-refractivity contribution in [3.63, 3.8) is 0 Å². The first kappa shape index (κ1) is 15.0. The van der Waals surface area contributed by atoms with E-state index in [1.165, 1.54) is 5.69 Å². The molecule has 0 unspecified atom stereocenters. The standard InChI is InChI=1S/C15H26N4O/c1-5-15(14(16)20)7-6-8-19(10-15)9-13-17-11(2)12(3)18(13)4/h5-10H2,1-4H3,(H2,16,20)/t15-/m0/s1. The molecule has 1 atom stereocenters. The van der Waals surface area contributed by atoms with E-state index in [-0.39, 0.29) is 11.3 Å². The number of carbonyl (C=O) groups is 1. The molecule has 0 aromatic carbocycles. The van der Waals surface area contributed by atoms with Gasteiger partial charge in [0.05, 0.1) is 17.7 Å². The van der Waals surface area contributed by atoms with E-state index in [4.69, 9.17) is 5.73 Å². The van der Waals surface area contributed by atoms with E-state index in [1.54, 1.807) is 0 Å². The second-order valence-electron chi connectivity index (χ2n) is 6.07. The van der Waals surface area contributed by atoms with E-state index < -0.39 is 0 Å². The van der Waals surface area contributed by atoms with Crippen LogP contribution in [0.2, 0.25) is 0 Å². The number of hydrogen-bond donors (Lipinski definition) is 1. The zero-order valence-electron chi connectivity index (χ0n) is 13.1. The Kier molecular flexibility index (Phi) is 4.18. The zero-order valence-corrected chi connectivity index (χ0v) is 13.1. The lowest BCUT2D eigenvalue weighted by atomic mass is 9.77. The van der Waals surface area contributed by atoms with Crippen LogP contribution in [0.5, 0.6) is 0 Å². The van der Waals surface area contributed by atoms with Crippen LogP contribution >= 0.6 is 0 Å². The topological polar surface area (TPSA) is 64.2 Å². The lowest BCUT2D eigenvalue weighted by Crippen LogP contribution is -2.50. The summed E-state index contributed by atoms with van der Waals surface area (Å²) < 4.78 is 2.14. The summed E-state index contributed by atoms with van der Waals surface area (Å²) in [4.78, 5) is 18.8. The van der Waals surface area contributed by atoms with Gasteiger partial charge in [0.25, 0.3) is 0 Å². The van der Waals surface area contributed by atoms with Crippen molar-refractivity contribution in [2.24, 2.45) is 18.2 Å². The second kappa shape index (κ2) is 5.56. The summed E-state index contributed by atoms with van der Waals surface area (Å²) in [6.07, 6.45) is 2.75. The number of nitrogens with two attached hydrogens (primary N) is 1. The van der Waals surface area contributed by atoms with Crippen LogP contribution in [-0.2, 0) is 18.4 Å². The summed E-state index contributed by atoms with van der Waals surface area (Å²) in [6.45, 7) is 8.74. The Hall–Kier alpha value is -1.36. The van der Waals surface area contributed by atoms with Crippen LogP contribution in [0, 0.1) is 19.3 Å². The summed E-state index contributed by atoms with van der Waals surface area (Å²) in [7, 11) is 2.05. The number of hydrogen-bond acceptors (Lipinski definition) is 3. The van der Waals surface area contributed by atoms with Gasteiger partial charge in [0, 0.05) is 19.3 Å². The number of rotatable bonds is 4. The molecule has 2 rings (SSSR count). The molecule has 0 aliphatic carbocycles. The highest BCUT2D eigenvalue weighted by Crippen LogP contribution is 2.33. The van der Waals surface area contributed by atoms with Crippen molar-refractivity contribution in [2.45, 2.75) is 46.6 Å². The molecule has 1 amide bonds. The van der Waals surface area contributed by atoms with Crippen molar-refractivity contribution < 1.29 is 4.79 Å². The molecule has 1 aliphatic rings. The van der Waals surface area contributed by atoms with Crippen LogP contribution in [0.1, 0.15) is 43.4 Å². The maximum absolute atomic E-state index is 11.8. The predicted octanol–water partition coefficient (Wildman–Crippen LogP) is 1.51. The highest BCUT2D eigenvalue weighted by Gasteiger charge is 2.39. The lowest BCUT2D eigenvalue weighted by molar-refractivity contribution is -0.131. The highest BCUT2D eigenvalue weighted by atomic mass is 16.1. The zero-order chi connectivity index (χ0) is 14.9. The van der Waals surface area contributed by atoms with E-state index in [2.05, 4.69) is 35.3 Å². The SMILES string of the molecule is CC[C@]1(C(N)=O)CCCN(Cc2nc(C)c(C)n2C)C1. The first-order valence-corrected chi connectivity index (χ1v) is 7.40. The Bertz CT molecular complexity index is 508. The second-order valence-corrected chi connectivity index (χ2v) is 6.07. The molecule has 2 N–H and O–H groups in total. The third kappa shape index (κ3) is 2.59. The minimum Gasteiger partial charge on any atom is -0.369 e.